The van der Waals surface area contributed by atoms with Gasteiger partial charge in [-0.1, -0.05) is 6.42 Å². The Hall–Kier alpha value is -0.820. The summed E-state index contributed by atoms with van der Waals surface area (Å²) in [7, 11) is 0. The predicted molar refractivity (Wildman–Crippen MR) is 111 cm³/mol. The SMILES string of the molecule is O=C(C1CCC(Oc2ccc(I)cc2)CC1)N1CCN(C2CCC2)CC1. The topological polar surface area (TPSA) is 32.8 Å². The van der Waals surface area contributed by atoms with Crippen LogP contribution in [0.3, 0.4) is 0 Å². The van der Waals surface area contributed by atoms with Gasteiger partial charge < -0.3 is 9.64 Å². The van der Waals surface area contributed by atoms with Crippen molar-refractivity contribution in [2.45, 2.75) is 57.1 Å². The lowest BCUT2D eigenvalue weighted by Crippen LogP contribution is -2.54. The zero-order chi connectivity index (χ0) is 17.9. The lowest BCUT2D eigenvalue weighted by molar-refractivity contribution is -0.139. The van der Waals surface area contributed by atoms with Crippen LogP contribution in [0.4, 0.5) is 0 Å². The highest BCUT2D eigenvalue weighted by atomic mass is 127. The minimum absolute atomic E-state index is 0.210. The number of amides is 1. The Kier molecular flexibility index (Phi) is 6.03. The third-order valence-corrected chi connectivity index (χ3v) is 7.08. The first-order chi connectivity index (χ1) is 12.7. The summed E-state index contributed by atoms with van der Waals surface area (Å²) < 4.78 is 7.33. The van der Waals surface area contributed by atoms with Gasteiger partial charge in [0, 0.05) is 41.7 Å². The molecule has 1 saturated heterocycles. The molecule has 1 amide bonds. The number of rotatable bonds is 4. The Balaban J connectivity index is 1.21. The maximum absolute atomic E-state index is 12.9. The molecule has 0 aromatic heterocycles. The normalized spacial score (nSPS) is 27.8. The summed E-state index contributed by atoms with van der Waals surface area (Å²) in [5.74, 6) is 1.56. The van der Waals surface area contributed by atoms with E-state index in [0.29, 0.717) is 5.91 Å². The molecule has 0 N–H and O–H groups in total. The quantitative estimate of drug-likeness (QED) is 0.629. The Morgan fingerprint density at radius 1 is 0.923 bits per heavy atom. The first-order valence-corrected chi connectivity index (χ1v) is 11.2. The minimum Gasteiger partial charge on any atom is -0.490 e. The average Bonchev–Trinajstić information content (AvgIpc) is 2.63. The first kappa shape index (κ1) is 18.5. The standard InChI is InChI=1S/C21H29IN2O2/c22-17-6-10-20(11-7-17)26-19-8-4-16(5-9-19)21(25)24-14-12-23(13-15-24)18-2-1-3-18/h6-7,10-11,16,18-19H,1-5,8-9,12-15H2. The van der Waals surface area contributed by atoms with Crippen molar-refractivity contribution in [2.75, 3.05) is 26.2 Å². The summed E-state index contributed by atoms with van der Waals surface area (Å²) in [6.07, 6.45) is 8.28. The molecule has 142 valence electrons. The van der Waals surface area contributed by atoms with Gasteiger partial charge in [-0.15, -0.1) is 0 Å². The van der Waals surface area contributed by atoms with Crippen LogP contribution in [0.2, 0.25) is 0 Å². The van der Waals surface area contributed by atoms with Crippen molar-refractivity contribution >= 4 is 28.5 Å². The molecule has 0 atom stereocenters. The van der Waals surface area contributed by atoms with Crippen LogP contribution in [0.1, 0.15) is 44.9 Å². The van der Waals surface area contributed by atoms with Crippen LogP contribution in [0, 0.1) is 9.49 Å². The summed E-state index contributed by atoms with van der Waals surface area (Å²) in [6.45, 7) is 3.99. The molecule has 0 spiro atoms. The van der Waals surface area contributed by atoms with Crippen LogP contribution in [-0.4, -0.2) is 54.0 Å². The highest BCUT2D eigenvalue weighted by Crippen LogP contribution is 2.30. The Bertz CT molecular complexity index is 601. The minimum atomic E-state index is 0.210. The molecular weight excluding hydrogens is 439 g/mol. The summed E-state index contributed by atoms with van der Waals surface area (Å²) >= 11 is 2.31. The van der Waals surface area contributed by atoms with E-state index in [9.17, 15) is 4.79 Å². The van der Waals surface area contributed by atoms with Gasteiger partial charge in [0.2, 0.25) is 5.91 Å². The molecule has 4 rings (SSSR count). The van der Waals surface area contributed by atoms with E-state index in [1.807, 2.05) is 12.1 Å². The summed E-state index contributed by atoms with van der Waals surface area (Å²) in [4.78, 5) is 17.6. The van der Waals surface area contributed by atoms with E-state index < -0.39 is 0 Å². The molecule has 4 nitrogen and oxygen atoms in total. The number of halogens is 1. The number of hydrogen-bond donors (Lipinski definition) is 0. The first-order valence-electron chi connectivity index (χ1n) is 10.1. The van der Waals surface area contributed by atoms with E-state index >= 15 is 0 Å². The van der Waals surface area contributed by atoms with Gasteiger partial charge in [0.25, 0.3) is 0 Å². The molecule has 3 aliphatic rings. The van der Waals surface area contributed by atoms with Crippen LogP contribution >= 0.6 is 22.6 Å². The van der Waals surface area contributed by atoms with Gasteiger partial charge in [-0.25, -0.2) is 0 Å². The highest BCUT2D eigenvalue weighted by Gasteiger charge is 2.33. The summed E-state index contributed by atoms with van der Waals surface area (Å²) in [6, 6.07) is 9.05. The van der Waals surface area contributed by atoms with Crippen LogP contribution < -0.4 is 4.74 Å². The van der Waals surface area contributed by atoms with E-state index in [2.05, 4.69) is 44.5 Å². The van der Waals surface area contributed by atoms with Gasteiger partial charge in [-0.3, -0.25) is 9.69 Å². The second-order valence-electron chi connectivity index (χ2n) is 7.99. The van der Waals surface area contributed by atoms with Crippen molar-refractivity contribution in [3.05, 3.63) is 27.8 Å². The van der Waals surface area contributed by atoms with E-state index in [1.165, 1.54) is 22.8 Å². The predicted octanol–water partition coefficient (Wildman–Crippen LogP) is 3.93. The smallest absolute Gasteiger partial charge is 0.225 e. The Labute approximate surface area is 170 Å². The second-order valence-corrected chi connectivity index (χ2v) is 9.24. The molecule has 26 heavy (non-hydrogen) atoms. The van der Waals surface area contributed by atoms with Gasteiger partial charge >= 0.3 is 0 Å². The van der Waals surface area contributed by atoms with Crippen molar-refractivity contribution in [3.8, 4) is 5.75 Å². The molecule has 0 bridgehead atoms. The van der Waals surface area contributed by atoms with Crippen LogP contribution in [-0.2, 0) is 4.79 Å². The van der Waals surface area contributed by atoms with Gasteiger partial charge in [0.15, 0.2) is 0 Å². The van der Waals surface area contributed by atoms with E-state index in [-0.39, 0.29) is 12.0 Å². The Morgan fingerprint density at radius 3 is 2.15 bits per heavy atom. The number of nitrogens with zero attached hydrogens (tertiary/aromatic N) is 2. The zero-order valence-corrected chi connectivity index (χ0v) is 17.6. The number of ether oxygens (including phenoxy) is 1. The molecule has 1 heterocycles. The maximum atomic E-state index is 12.9. The summed E-state index contributed by atoms with van der Waals surface area (Å²) in [5.41, 5.74) is 0. The van der Waals surface area contributed by atoms with E-state index in [4.69, 9.17) is 4.74 Å². The summed E-state index contributed by atoms with van der Waals surface area (Å²) in [5, 5.41) is 0. The van der Waals surface area contributed by atoms with Gasteiger partial charge in [0.1, 0.15) is 5.75 Å². The number of hydrogen-bond acceptors (Lipinski definition) is 3. The van der Waals surface area contributed by atoms with Crippen molar-refractivity contribution in [2.24, 2.45) is 5.92 Å². The fourth-order valence-electron chi connectivity index (χ4n) is 4.45. The lowest BCUT2D eigenvalue weighted by atomic mass is 9.86. The number of benzene rings is 1. The largest absolute Gasteiger partial charge is 0.490 e. The van der Waals surface area contributed by atoms with E-state index in [0.717, 1.165) is 63.7 Å². The Morgan fingerprint density at radius 2 is 1.58 bits per heavy atom. The molecule has 1 aliphatic heterocycles. The van der Waals surface area contributed by atoms with Crippen molar-refractivity contribution in [3.63, 3.8) is 0 Å². The monoisotopic (exact) mass is 468 g/mol. The molecule has 1 aromatic rings. The fraction of sp³-hybridized carbons (Fsp3) is 0.667. The highest BCUT2D eigenvalue weighted by molar-refractivity contribution is 14.1. The molecule has 2 saturated carbocycles. The molecule has 3 fully saturated rings. The van der Waals surface area contributed by atoms with Crippen molar-refractivity contribution in [1.82, 2.24) is 9.80 Å². The van der Waals surface area contributed by atoms with Crippen molar-refractivity contribution < 1.29 is 9.53 Å². The average molecular weight is 468 g/mol. The van der Waals surface area contributed by atoms with Gasteiger partial charge in [0.05, 0.1) is 6.10 Å². The molecule has 0 unspecified atom stereocenters. The number of carbonyl (C=O) groups is 1. The van der Waals surface area contributed by atoms with E-state index in [1.54, 1.807) is 0 Å². The van der Waals surface area contributed by atoms with Crippen LogP contribution in [0.25, 0.3) is 0 Å². The molecule has 2 aliphatic carbocycles. The fourth-order valence-corrected chi connectivity index (χ4v) is 4.81. The molecular formula is C21H29IN2O2. The zero-order valence-electron chi connectivity index (χ0n) is 15.4. The lowest BCUT2D eigenvalue weighted by Gasteiger charge is -2.43. The third-order valence-electron chi connectivity index (χ3n) is 6.36. The number of carbonyl (C=O) groups excluding carboxylic acids is 1. The maximum Gasteiger partial charge on any atom is 0.225 e. The van der Waals surface area contributed by atoms with Gasteiger partial charge in [-0.2, -0.15) is 0 Å². The second kappa shape index (κ2) is 8.46. The molecule has 0 radical (unpaired) electrons. The third kappa shape index (κ3) is 4.35. The van der Waals surface area contributed by atoms with Crippen molar-refractivity contribution in [1.29, 1.82) is 0 Å². The van der Waals surface area contributed by atoms with Crippen LogP contribution in [0.5, 0.6) is 5.75 Å². The molecule has 5 heteroatoms. The molecule has 1 aromatic carbocycles. The van der Waals surface area contributed by atoms with Gasteiger partial charge in [-0.05, 0) is 85.4 Å². The van der Waals surface area contributed by atoms with Crippen LogP contribution in [0.15, 0.2) is 24.3 Å². The number of piperazine rings is 1.